The number of hydrogen-bond acceptors (Lipinski definition) is 5. The summed E-state index contributed by atoms with van der Waals surface area (Å²) >= 11 is 0. The molecule has 0 amide bonds. The smallest absolute Gasteiger partial charge is 0.194 e. The second kappa shape index (κ2) is 6.43. The van der Waals surface area contributed by atoms with Crippen LogP contribution in [-0.4, -0.2) is 41.0 Å². The lowest BCUT2D eigenvalue weighted by Crippen LogP contribution is -2.51. The van der Waals surface area contributed by atoms with Crippen molar-refractivity contribution >= 4 is 11.6 Å². The van der Waals surface area contributed by atoms with Gasteiger partial charge in [0.05, 0.1) is 18.3 Å². The fourth-order valence-electron chi connectivity index (χ4n) is 3.99. The fourth-order valence-corrected chi connectivity index (χ4v) is 3.99. The molecule has 3 N–H and O–H groups in total. The van der Waals surface area contributed by atoms with Crippen LogP contribution in [0.1, 0.15) is 50.8 Å². The number of nitrogens with two attached hydrogens (primary N) is 1. The highest BCUT2D eigenvalue weighted by Crippen LogP contribution is 2.31. The number of ether oxygens (including phenoxy) is 1. The predicted molar refractivity (Wildman–Crippen MR) is 96.4 cm³/mol. The molecule has 1 heterocycles. The summed E-state index contributed by atoms with van der Waals surface area (Å²) in [6, 6.07) is 11.9. The van der Waals surface area contributed by atoms with E-state index in [9.17, 15) is 14.7 Å². The van der Waals surface area contributed by atoms with Crippen molar-refractivity contribution in [1.82, 2.24) is 0 Å². The van der Waals surface area contributed by atoms with Crippen LogP contribution >= 0.6 is 0 Å². The zero-order valence-electron chi connectivity index (χ0n) is 14.5. The van der Waals surface area contributed by atoms with Crippen LogP contribution < -0.4 is 5.73 Å². The molecule has 1 aliphatic carbocycles. The summed E-state index contributed by atoms with van der Waals surface area (Å²) in [5, 5.41) is 9.96. The standard InChI is InChI=1S/C21H21NO4/c1-11-19(23)17(22)10-13(26-11)9-12-5-4-8-16-18(12)21(25)15-7-3-2-6-14(15)20(16)24/h2-8,11,13,17,19,23H,9-10,22H2,1H3/t11-,13+,17+,19+/m1/s1. The minimum Gasteiger partial charge on any atom is -0.389 e. The first kappa shape index (κ1) is 17.1. The normalized spacial score (nSPS) is 27.8. The summed E-state index contributed by atoms with van der Waals surface area (Å²) in [5.74, 6) is -0.249. The summed E-state index contributed by atoms with van der Waals surface area (Å²) in [7, 11) is 0. The van der Waals surface area contributed by atoms with Crippen molar-refractivity contribution < 1.29 is 19.4 Å². The monoisotopic (exact) mass is 351 g/mol. The number of carbonyl (C=O) groups excluding carboxylic acids is 2. The maximum atomic E-state index is 13.0. The van der Waals surface area contributed by atoms with Gasteiger partial charge in [0, 0.05) is 28.3 Å². The number of aliphatic hydroxyl groups excluding tert-OH is 1. The molecule has 0 bridgehead atoms. The number of rotatable bonds is 2. The number of ketones is 2. The Hall–Kier alpha value is -2.34. The van der Waals surface area contributed by atoms with Gasteiger partial charge in [-0.1, -0.05) is 42.5 Å². The first-order chi connectivity index (χ1) is 12.5. The molecule has 2 aromatic carbocycles. The second-order valence-electron chi connectivity index (χ2n) is 7.10. The van der Waals surface area contributed by atoms with Gasteiger partial charge in [-0.2, -0.15) is 0 Å². The lowest BCUT2D eigenvalue weighted by atomic mass is 9.80. The van der Waals surface area contributed by atoms with Crippen LogP contribution in [0.25, 0.3) is 0 Å². The number of benzene rings is 2. The molecule has 0 saturated carbocycles. The van der Waals surface area contributed by atoms with E-state index >= 15 is 0 Å². The maximum Gasteiger partial charge on any atom is 0.194 e. The van der Waals surface area contributed by atoms with Gasteiger partial charge in [0.25, 0.3) is 0 Å². The van der Waals surface area contributed by atoms with E-state index in [1.54, 1.807) is 43.3 Å². The Morgan fingerprint density at radius 1 is 1.04 bits per heavy atom. The minimum atomic E-state index is -0.689. The van der Waals surface area contributed by atoms with Crippen molar-refractivity contribution in [2.75, 3.05) is 0 Å². The van der Waals surface area contributed by atoms with Gasteiger partial charge in [0.1, 0.15) is 0 Å². The Labute approximate surface area is 151 Å². The summed E-state index contributed by atoms with van der Waals surface area (Å²) in [4.78, 5) is 25.8. The van der Waals surface area contributed by atoms with Crippen LogP contribution in [0.4, 0.5) is 0 Å². The third kappa shape index (κ3) is 2.69. The molecule has 1 aliphatic heterocycles. The third-order valence-electron chi connectivity index (χ3n) is 5.35. The van der Waals surface area contributed by atoms with E-state index in [1.807, 2.05) is 6.07 Å². The molecule has 0 aromatic heterocycles. The zero-order valence-corrected chi connectivity index (χ0v) is 14.5. The van der Waals surface area contributed by atoms with E-state index in [-0.39, 0.29) is 29.8 Å². The Balaban J connectivity index is 1.70. The highest BCUT2D eigenvalue weighted by atomic mass is 16.5. The zero-order chi connectivity index (χ0) is 18.4. The van der Waals surface area contributed by atoms with Gasteiger partial charge in [0.2, 0.25) is 0 Å². The van der Waals surface area contributed by atoms with E-state index in [4.69, 9.17) is 10.5 Å². The van der Waals surface area contributed by atoms with Gasteiger partial charge in [-0.3, -0.25) is 9.59 Å². The lowest BCUT2D eigenvalue weighted by Gasteiger charge is -2.36. The Bertz CT molecular complexity index is 879. The molecule has 1 saturated heterocycles. The Morgan fingerprint density at radius 2 is 1.69 bits per heavy atom. The highest BCUT2D eigenvalue weighted by Gasteiger charge is 2.35. The molecule has 0 radical (unpaired) electrons. The summed E-state index contributed by atoms with van der Waals surface area (Å²) in [6.07, 6.45) is -0.259. The average Bonchev–Trinajstić information content (AvgIpc) is 2.64. The van der Waals surface area contributed by atoms with Crippen LogP contribution in [0.2, 0.25) is 0 Å². The van der Waals surface area contributed by atoms with Crippen molar-refractivity contribution in [2.24, 2.45) is 5.73 Å². The second-order valence-corrected chi connectivity index (χ2v) is 7.10. The largest absolute Gasteiger partial charge is 0.389 e. The van der Waals surface area contributed by atoms with E-state index in [2.05, 4.69) is 0 Å². The maximum absolute atomic E-state index is 13.0. The fraction of sp³-hybridized carbons (Fsp3) is 0.333. The SMILES string of the molecule is C[C@H]1O[C@@H](Cc2cccc3c2C(=O)c2ccccc2C3=O)C[C@H](N)[C@H]1O. The van der Waals surface area contributed by atoms with Gasteiger partial charge in [-0.15, -0.1) is 0 Å². The van der Waals surface area contributed by atoms with E-state index in [0.29, 0.717) is 35.1 Å². The van der Waals surface area contributed by atoms with Gasteiger partial charge in [-0.05, 0) is 25.3 Å². The molecule has 26 heavy (non-hydrogen) atoms. The van der Waals surface area contributed by atoms with Crippen molar-refractivity contribution in [1.29, 1.82) is 0 Å². The first-order valence-corrected chi connectivity index (χ1v) is 8.86. The van der Waals surface area contributed by atoms with Crippen LogP contribution in [0.15, 0.2) is 42.5 Å². The predicted octanol–water partition coefficient (Wildman–Crippen LogP) is 1.87. The molecule has 4 atom stereocenters. The topological polar surface area (TPSA) is 89.6 Å². The molecule has 2 aliphatic rings. The first-order valence-electron chi connectivity index (χ1n) is 8.86. The van der Waals surface area contributed by atoms with Crippen LogP contribution in [-0.2, 0) is 11.2 Å². The lowest BCUT2D eigenvalue weighted by molar-refractivity contribution is -0.116. The molecular weight excluding hydrogens is 330 g/mol. The summed E-state index contributed by atoms with van der Waals surface area (Å²) in [6.45, 7) is 1.79. The van der Waals surface area contributed by atoms with Crippen molar-refractivity contribution in [3.63, 3.8) is 0 Å². The van der Waals surface area contributed by atoms with Crippen LogP contribution in [0, 0.1) is 0 Å². The van der Waals surface area contributed by atoms with Crippen LogP contribution in [0.5, 0.6) is 0 Å². The van der Waals surface area contributed by atoms with Gasteiger partial charge in [-0.25, -0.2) is 0 Å². The van der Waals surface area contributed by atoms with Crippen LogP contribution in [0.3, 0.4) is 0 Å². The molecule has 1 fully saturated rings. The van der Waals surface area contributed by atoms with Gasteiger partial charge < -0.3 is 15.6 Å². The van der Waals surface area contributed by atoms with E-state index in [0.717, 1.165) is 5.56 Å². The summed E-state index contributed by atoms with van der Waals surface area (Å²) < 4.78 is 5.87. The molecule has 0 unspecified atom stereocenters. The van der Waals surface area contributed by atoms with E-state index < -0.39 is 6.10 Å². The van der Waals surface area contributed by atoms with Gasteiger partial charge >= 0.3 is 0 Å². The number of aliphatic hydroxyl groups is 1. The Morgan fingerprint density at radius 3 is 2.38 bits per heavy atom. The summed E-state index contributed by atoms with van der Waals surface area (Å²) in [5.41, 5.74) is 8.61. The highest BCUT2D eigenvalue weighted by molar-refractivity contribution is 6.28. The average molecular weight is 351 g/mol. The molecule has 5 nitrogen and oxygen atoms in total. The molecule has 0 spiro atoms. The van der Waals surface area contributed by atoms with E-state index in [1.165, 1.54) is 0 Å². The quantitative estimate of drug-likeness (QED) is 0.736. The molecule has 4 rings (SSSR count). The molecule has 2 aromatic rings. The van der Waals surface area contributed by atoms with Crippen molar-refractivity contribution in [3.05, 3.63) is 70.3 Å². The number of fused-ring (bicyclic) bond motifs is 2. The Kier molecular flexibility index (Phi) is 4.23. The number of carbonyl (C=O) groups is 2. The number of hydrogen-bond donors (Lipinski definition) is 2. The van der Waals surface area contributed by atoms with Crippen molar-refractivity contribution in [3.8, 4) is 0 Å². The van der Waals surface area contributed by atoms with Gasteiger partial charge in [0.15, 0.2) is 11.6 Å². The molecule has 5 heteroatoms. The minimum absolute atomic E-state index is 0.123. The van der Waals surface area contributed by atoms with Crippen molar-refractivity contribution in [2.45, 2.75) is 44.1 Å². The molecule has 134 valence electrons. The third-order valence-corrected chi connectivity index (χ3v) is 5.35. The molecular formula is C21H21NO4.